The lowest BCUT2D eigenvalue weighted by molar-refractivity contribution is 0.800. The minimum atomic E-state index is 0.360. The molecule has 0 saturated heterocycles. The van der Waals surface area contributed by atoms with Crippen molar-refractivity contribution in [2.24, 2.45) is 0 Å². The number of aromatic nitrogens is 4. The van der Waals surface area contributed by atoms with Gasteiger partial charge in [-0.05, 0) is 23.8 Å². The highest BCUT2D eigenvalue weighted by atomic mass is 35.5. The van der Waals surface area contributed by atoms with Crippen LogP contribution in [0.5, 0.6) is 0 Å². The van der Waals surface area contributed by atoms with E-state index in [1.54, 1.807) is 35.3 Å². The van der Waals surface area contributed by atoms with Gasteiger partial charge in [-0.15, -0.1) is 5.10 Å². The van der Waals surface area contributed by atoms with Gasteiger partial charge < -0.3 is 0 Å². The predicted octanol–water partition coefficient (Wildman–Crippen LogP) is 3.53. The van der Waals surface area contributed by atoms with E-state index in [0.717, 1.165) is 5.56 Å². The van der Waals surface area contributed by atoms with Crippen molar-refractivity contribution in [1.82, 2.24) is 20.0 Å². The van der Waals surface area contributed by atoms with E-state index in [4.69, 9.17) is 18.2 Å². The van der Waals surface area contributed by atoms with Gasteiger partial charge in [-0.3, -0.25) is 0 Å². The van der Waals surface area contributed by atoms with Crippen LogP contribution in [0, 0.1) is 6.57 Å². The summed E-state index contributed by atoms with van der Waals surface area (Å²) in [5, 5.41) is 8.51. The first-order valence-corrected chi connectivity index (χ1v) is 6.17. The Kier molecular flexibility index (Phi) is 3.15. The molecular formula is C14H8ClN5. The first-order chi connectivity index (χ1) is 9.78. The van der Waals surface area contributed by atoms with Crippen LogP contribution in [0.15, 0.2) is 48.8 Å². The third-order valence-electron chi connectivity index (χ3n) is 2.75. The number of hydrogen-bond donors (Lipinski definition) is 0. The lowest BCUT2D eigenvalue weighted by atomic mass is 10.1. The van der Waals surface area contributed by atoms with Crippen molar-refractivity contribution in [3.8, 4) is 16.9 Å². The minimum Gasteiger partial charge on any atom is -0.242 e. The van der Waals surface area contributed by atoms with Crippen molar-refractivity contribution < 1.29 is 0 Å². The second-order valence-corrected chi connectivity index (χ2v) is 4.38. The second kappa shape index (κ2) is 5.11. The molecule has 5 nitrogen and oxygen atoms in total. The summed E-state index contributed by atoms with van der Waals surface area (Å²) in [5.41, 5.74) is 2.74. The molecule has 0 fully saturated rings. The standard InChI is InChI=1S/C14H8ClN5/c1-16-11-5-2-4-10(8-11)12-9-20(19-18-12)13-6-3-7-17-14(13)15/h2-9H. The Hall–Kier alpha value is -2.71. The number of pyridine rings is 1. The van der Waals surface area contributed by atoms with Gasteiger partial charge in [0.05, 0.1) is 12.8 Å². The molecule has 0 saturated carbocycles. The van der Waals surface area contributed by atoms with Crippen molar-refractivity contribution in [3.05, 3.63) is 65.4 Å². The minimum absolute atomic E-state index is 0.360. The Morgan fingerprint density at radius 1 is 1.20 bits per heavy atom. The van der Waals surface area contributed by atoms with Gasteiger partial charge in [-0.1, -0.05) is 35.0 Å². The van der Waals surface area contributed by atoms with Gasteiger partial charge in [0.2, 0.25) is 0 Å². The van der Waals surface area contributed by atoms with E-state index in [1.165, 1.54) is 0 Å². The summed E-state index contributed by atoms with van der Waals surface area (Å²) in [6, 6.07) is 10.8. The molecule has 0 radical (unpaired) electrons. The fourth-order valence-electron chi connectivity index (χ4n) is 1.80. The Morgan fingerprint density at radius 3 is 2.90 bits per heavy atom. The highest BCUT2D eigenvalue weighted by Crippen LogP contribution is 2.24. The maximum atomic E-state index is 7.03. The molecule has 3 aromatic rings. The molecule has 2 aromatic heterocycles. The van der Waals surface area contributed by atoms with Gasteiger partial charge in [0.25, 0.3) is 0 Å². The Balaban J connectivity index is 2.02. The van der Waals surface area contributed by atoms with Gasteiger partial charge in [0, 0.05) is 6.20 Å². The number of rotatable bonds is 2. The molecule has 0 aliphatic heterocycles. The van der Waals surface area contributed by atoms with E-state index in [-0.39, 0.29) is 0 Å². The molecule has 20 heavy (non-hydrogen) atoms. The van der Waals surface area contributed by atoms with Gasteiger partial charge in [-0.25, -0.2) is 14.5 Å². The molecule has 0 amide bonds. The molecule has 0 aliphatic rings. The van der Waals surface area contributed by atoms with Crippen molar-refractivity contribution in [2.75, 3.05) is 0 Å². The molecule has 3 rings (SSSR count). The summed E-state index contributed by atoms with van der Waals surface area (Å²) in [5.74, 6) is 0. The second-order valence-electron chi connectivity index (χ2n) is 4.02. The SMILES string of the molecule is [C-]#[N+]c1cccc(-c2cn(-c3cccnc3Cl)nn2)c1. The summed E-state index contributed by atoms with van der Waals surface area (Å²) in [4.78, 5) is 7.40. The summed E-state index contributed by atoms with van der Waals surface area (Å²) >= 11 is 6.02. The lowest BCUT2D eigenvalue weighted by Gasteiger charge is -2.00. The maximum absolute atomic E-state index is 7.03. The zero-order chi connectivity index (χ0) is 13.9. The number of hydrogen-bond acceptors (Lipinski definition) is 3. The molecule has 0 bridgehead atoms. The summed E-state index contributed by atoms with van der Waals surface area (Å²) in [7, 11) is 0. The molecule has 0 atom stereocenters. The normalized spacial score (nSPS) is 10.2. The van der Waals surface area contributed by atoms with Crippen molar-refractivity contribution in [1.29, 1.82) is 0 Å². The van der Waals surface area contributed by atoms with Gasteiger partial charge in [0.1, 0.15) is 11.4 Å². The largest absolute Gasteiger partial charge is 0.242 e. The average Bonchev–Trinajstić information content (AvgIpc) is 2.97. The van der Waals surface area contributed by atoms with E-state index in [0.29, 0.717) is 22.2 Å². The predicted molar refractivity (Wildman–Crippen MR) is 75.9 cm³/mol. The van der Waals surface area contributed by atoms with Crippen LogP contribution in [0.1, 0.15) is 0 Å². The molecule has 6 heteroatoms. The van der Waals surface area contributed by atoms with Crippen LogP contribution in [0.4, 0.5) is 5.69 Å². The Morgan fingerprint density at radius 2 is 2.10 bits per heavy atom. The van der Waals surface area contributed by atoms with Gasteiger partial charge >= 0.3 is 0 Å². The highest BCUT2D eigenvalue weighted by Gasteiger charge is 2.08. The maximum Gasteiger partial charge on any atom is 0.187 e. The first kappa shape index (κ1) is 12.3. The monoisotopic (exact) mass is 281 g/mol. The molecule has 1 aromatic carbocycles. The number of nitrogens with zero attached hydrogens (tertiary/aromatic N) is 5. The number of benzene rings is 1. The smallest absolute Gasteiger partial charge is 0.187 e. The molecule has 0 spiro atoms. The fourth-order valence-corrected chi connectivity index (χ4v) is 2.00. The van der Waals surface area contributed by atoms with E-state index in [9.17, 15) is 0 Å². The average molecular weight is 282 g/mol. The molecular weight excluding hydrogens is 274 g/mol. The molecule has 96 valence electrons. The van der Waals surface area contributed by atoms with Crippen LogP contribution >= 0.6 is 11.6 Å². The van der Waals surface area contributed by atoms with Crippen LogP contribution in [0.25, 0.3) is 21.8 Å². The quantitative estimate of drug-likeness (QED) is 0.533. The zero-order valence-corrected chi connectivity index (χ0v) is 11.0. The number of halogens is 1. The summed E-state index contributed by atoms with van der Waals surface area (Å²) < 4.78 is 1.56. The van der Waals surface area contributed by atoms with Crippen LogP contribution in [0.3, 0.4) is 0 Å². The van der Waals surface area contributed by atoms with Crippen molar-refractivity contribution >= 4 is 17.3 Å². The molecule has 0 N–H and O–H groups in total. The third-order valence-corrected chi connectivity index (χ3v) is 3.04. The zero-order valence-electron chi connectivity index (χ0n) is 10.2. The molecule has 0 aliphatic carbocycles. The molecule has 2 heterocycles. The van der Waals surface area contributed by atoms with E-state index in [1.807, 2.05) is 18.2 Å². The van der Waals surface area contributed by atoms with Crippen molar-refractivity contribution in [2.45, 2.75) is 0 Å². The molecule has 0 unspecified atom stereocenters. The third kappa shape index (κ3) is 2.25. The Labute approximate surface area is 120 Å². The van der Waals surface area contributed by atoms with Crippen LogP contribution < -0.4 is 0 Å². The van der Waals surface area contributed by atoms with Crippen LogP contribution in [0.2, 0.25) is 5.15 Å². The van der Waals surface area contributed by atoms with E-state index < -0.39 is 0 Å². The first-order valence-electron chi connectivity index (χ1n) is 5.79. The van der Waals surface area contributed by atoms with Gasteiger partial charge in [-0.2, -0.15) is 0 Å². The van der Waals surface area contributed by atoms with Gasteiger partial charge in [0.15, 0.2) is 10.8 Å². The van der Waals surface area contributed by atoms with E-state index >= 15 is 0 Å². The topological polar surface area (TPSA) is 48.0 Å². The summed E-state index contributed by atoms with van der Waals surface area (Å²) in [6.07, 6.45) is 3.37. The fraction of sp³-hybridized carbons (Fsp3) is 0. The van der Waals surface area contributed by atoms with Crippen molar-refractivity contribution in [3.63, 3.8) is 0 Å². The van der Waals surface area contributed by atoms with Crippen LogP contribution in [-0.4, -0.2) is 20.0 Å². The highest BCUT2D eigenvalue weighted by molar-refractivity contribution is 6.31. The Bertz CT molecular complexity index is 803. The summed E-state index contributed by atoms with van der Waals surface area (Å²) in [6.45, 7) is 7.03. The lowest BCUT2D eigenvalue weighted by Crippen LogP contribution is -1.96. The van der Waals surface area contributed by atoms with Crippen LogP contribution in [-0.2, 0) is 0 Å². The van der Waals surface area contributed by atoms with E-state index in [2.05, 4.69) is 20.1 Å².